The second-order valence-electron chi connectivity index (χ2n) is 7.90. The van der Waals surface area contributed by atoms with Gasteiger partial charge in [-0.25, -0.2) is 0 Å². The number of amides is 2. The number of hydrogen-bond donors (Lipinski definition) is 3. The Kier molecular flexibility index (Phi) is 13.2. The van der Waals surface area contributed by atoms with Crippen LogP contribution in [0, 0.1) is 5.92 Å². The van der Waals surface area contributed by atoms with Crippen molar-refractivity contribution in [2.45, 2.75) is 65.2 Å². The van der Waals surface area contributed by atoms with Crippen molar-refractivity contribution in [3.05, 3.63) is 35.4 Å². The molecule has 1 aliphatic rings. The second-order valence-corrected chi connectivity index (χ2v) is 7.90. The first kappa shape index (κ1) is 27.7. The van der Waals surface area contributed by atoms with Gasteiger partial charge >= 0.3 is 0 Å². The van der Waals surface area contributed by atoms with E-state index in [-0.39, 0.29) is 49.1 Å². The van der Waals surface area contributed by atoms with Crippen LogP contribution in [0.2, 0.25) is 0 Å². The Hall–Kier alpha value is -1.34. The third kappa shape index (κ3) is 9.34. The zero-order chi connectivity index (χ0) is 19.8. The molecule has 166 valence electrons. The molecule has 1 heterocycles. The summed E-state index contributed by atoms with van der Waals surface area (Å²) >= 11 is 0. The molecule has 0 aliphatic carbocycles. The average Bonchev–Trinajstić information content (AvgIpc) is 2.66. The first-order valence-electron chi connectivity index (χ1n) is 9.98. The van der Waals surface area contributed by atoms with Crippen LogP contribution in [0.1, 0.15) is 51.2 Å². The van der Waals surface area contributed by atoms with Crippen LogP contribution in [0.4, 0.5) is 0 Å². The van der Waals surface area contributed by atoms with E-state index in [0.29, 0.717) is 12.6 Å². The highest BCUT2D eigenvalue weighted by atomic mass is 35.5. The van der Waals surface area contributed by atoms with Crippen LogP contribution < -0.4 is 16.4 Å². The summed E-state index contributed by atoms with van der Waals surface area (Å²) in [5, 5.41) is 5.40. The van der Waals surface area contributed by atoms with Crippen LogP contribution in [0.15, 0.2) is 24.3 Å². The van der Waals surface area contributed by atoms with Gasteiger partial charge in [0.1, 0.15) is 0 Å². The molecule has 0 bridgehead atoms. The first-order chi connectivity index (χ1) is 12.9. The molecule has 6 nitrogen and oxygen atoms in total. The lowest BCUT2D eigenvalue weighted by molar-refractivity contribution is -0.127. The molecule has 2 rings (SSSR count). The maximum Gasteiger partial charge on any atom is 0.239 e. The smallest absolute Gasteiger partial charge is 0.239 e. The van der Waals surface area contributed by atoms with Gasteiger partial charge in [-0.15, -0.1) is 24.8 Å². The van der Waals surface area contributed by atoms with E-state index in [1.165, 1.54) is 31.4 Å². The number of hydrogen-bond acceptors (Lipinski definition) is 4. The Morgan fingerprint density at radius 3 is 2.31 bits per heavy atom. The molecule has 1 saturated heterocycles. The van der Waals surface area contributed by atoms with E-state index >= 15 is 0 Å². The zero-order valence-corrected chi connectivity index (χ0v) is 19.3. The Morgan fingerprint density at radius 2 is 1.72 bits per heavy atom. The maximum atomic E-state index is 11.9. The molecule has 0 aromatic heterocycles. The topological polar surface area (TPSA) is 87.5 Å². The number of nitrogens with zero attached hydrogens (tertiary/aromatic N) is 1. The second kappa shape index (κ2) is 13.8. The molecule has 1 unspecified atom stereocenters. The minimum Gasteiger partial charge on any atom is -0.350 e. The molecule has 1 fully saturated rings. The van der Waals surface area contributed by atoms with E-state index in [0.717, 1.165) is 12.1 Å². The highest BCUT2D eigenvalue weighted by Crippen LogP contribution is 2.19. The summed E-state index contributed by atoms with van der Waals surface area (Å²) in [6, 6.07) is 8.43. The molecule has 8 heteroatoms. The van der Waals surface area contributed by atoms with Crippen molar-refractivity contribution >= 4 is 36.6 Å². The Balaban J connectivity index is 0.00000392. The minimum atomic E-state index is -0.590. The van der Waals surface area contributed by atoms with Gasteiger partial charge in [-0.3, -0.25) is 14.5 Å². The maximum absolute atomic E-state index is 11.9. The lowest BCUT2D eigenvalue weighted by Gasteiger charge is -2.33. The van der Waals surface area contributed by atoms with Crippen LogP contribution in [0.5, 0.6) is 0 Å². The molecule has 1 aromatic carbocycles. The van der Waals surface area contributed by atoms with Crippen LogP contribution in [0.3, 0.4) is 0 Å². The quantitative estimate of drug-likeness (QED) is 0.572. The molecule has 2 amide bonds. The molecule has 0 saturated carbocycles. The highest BCUT2D eigenvalue weighted by molar-refractivity contribution is 5.87. The van der Waals surface area contributed by atoms with E-state index in [2.05, 4.69) is 46.7 Å². The number of nitrogens with two attached hydrogens (primary N) is 1. The van der Waals surface area contributed by atoms with Gasteiger partial charge in [0.25, 0.3) is 0 Å². The van der Waals surface area contributed by atoms with Crippen molar-refractivity contribution in [3.63, 3.8) is 0 Å². The summed E-state index contributed by atoms with van der Waals surface area (Å²) in [5.41, 5.74) is 8.10. The van der Waals surface area contributed by atoms with E-state index < -0.39 is 6.04 Å². The van der Waals surface area contributed by atoms with E-state index in [1.54, 1.807) is 0 Å². The number of piperidine rings is 1. The van der Waals surface area contributed by atoms with Crippen LogP contribution >= 0.6 is 24.8 Å². The van der Waals surface area contributed by atoms with Gasteiger partial charge in [0.05, 0.1) is 12.6 Å². The number of likely N-dealkylation sites (tertiary alicyclic amines) is 1. The van der Waals surface area contributed by atoms with Crippen molar-refractivity contribution in [3.8, 4) is 0 Å². The van der Waals surface area contributed by atoms with Gasteiger partial charge < -0.3 is 16.4 Å². The first-order valence-corrected chi connectivity index (χ1v) is 9.98. The third-order valence-electron chi connectivity index (χ3n) is 5.28. The predicted octanol–water partition coefficient (Wildman–Crippen LogP) is 2.62. The van der Waals surface area contributed by atoms with Crippen LogP contribution in [-0.4, -0.2) is 41.9 Å². The minimum absolute atomic E-state index is 0. The lowest BCUT2D eigenvalue weighted by Crippen LogP contribution is -2.47. The van der Waals surface area contributed by atoms with E-state index in [4.69, 9.17) is 5.73 Å². The summed E-state index contributed by atoms with van der Waals surface area (Å²) < 4.78 is 0. The van der Waals surface area contributed by atoms with Gasteiger partial charge in [0.2, 0.25) is 11.8 Å². The van der Waals surface area contributed by atoms with Crippen molar-refractivity contribution in [2.24, 2.45) is 11.7 Å². The van der Waals surface area contributed by atoms with Gasteiger partial charge in [0.15, 0.2) is 0 Å². The van der Waals surface area contributed by atoms with E-state index in [1.807, 2.05) is 13.8 Å². The third-order valence-corrected chi connectivity index (χ3v) is 5.28. The van der Waals surface area contributed by atoms with Crippen molar-refractivity contribution in [2.75, 3.05) is 13.1 Å². The zero-order valence-electron chi connectivity index (χ0n) is 17.6. The molecule has 1 aliphatic heterocycles. The molecular weight excluding hydrogens is 411 g/mol. The average molecular weight is 447 g/mol. The van der Waals surface area contributed by atoms with Crippen LogP contribution in [-0.2, 0) is 22.7 Å². The predicted molar refractivity (Wildman–Crippen MR) is 122 cm³/mol. The molecule has 29 heavy (non-hydrogen) atoms. The lowest BCUT2D eigenvalue weighted by atomic mass is 10.0. The van der Waals surface area contributed by atoms with Gasteiger partial charge in [-0.2, -0.15) is 0 Å². The number of carbonyl (C=O) groups is 2. The summed E-state index contributed by atoms with van der Waals surface area (Å²) in [4.78, 5) is 26.2. The van der Waals surface area contributed by atoms with Gasteiger partial charge in [0, 0.05) is 19.1 Å². The van der Waals surface area contributed by atoms with Crippen molar-refractivity contribution in [1.29, 1.82) is 0 Å². The number of nitrogens with one attached hydrogen (secondary N) is 2. The highest BCUT2D eigenvalue weighted by Gasteiger charge is 2.18. The number of rotatable bonds is 8. The molecule has 4 N–H and O–H groups in total. The van der Waals surface area contributed by atoms with Crippen LogP contribution in [0.25, 0.3) is 0 Å². The Bertz CT molecular complexity index is 626. The molecule has 1 aromatic rings. The van der Waals surface area contributed by atoms with Crippen molar-refractivity contribution in [1.82, 2.24) is 15.5 Å². The Morgan fingerprint density at radius 1 is 1.10 bits per heavy atom. The number of halogens is 2. The fourth-order valence-electron chi connectivity index (χ4n) is 3.24. The summed E-state index contributed by atoms with van der Waals surface area (Å²) in [6.45, 7) is 8.60. The number of benzene rings is 1. The summed E-state index contributed by atoms with van der Waals surface area (Å²) in [7, 11) is 0. The monoisotopic (exact) mass is 446 g/mol. The van der Waals surface area contributed by atoms with Gasteiger partial charge in [-0.1, -0.05) is 44.5 Å². The standard InChI is InChI=1S/C21H34N4O2.2ClH/c1-15(2)20(22)21(27)24-13-19(26)23-12-17-7-9-18(10-8-17)14-25-11-5-4-6-16(25)3;;/h7-10,15-16,20H,4-6,11-14,22H2,1-3H3,(H,23,26)(H,24,27);2*1H/t16?,20-;;/m0../s1. The van der Waals surface area contributed by atoms with E-state index in [9.17, 15) is 9.59 Å². The summed E-state index contributed by atoms with van der Waals surface area (Å²) in [5.74, 6) is -0.471. The fourth-order valence-corrected chi connectivity index (χ4v) is 3.24. The molecule has 0 spiro atoms. The largest absolute Gasteiger partial charge is 0.350 e. The number of carbonyl (C=O) groups excluding carboxylic acids is 2. The molecular formula is C21H36Cl2N4O2. The molecule has 2 atom stereocenters. The van der Waals surface area contributed by atoms with Gasteiger partial charge in [-0.05, 0) is 43.4 Å². The Labute approximate surface area is 187 Å². The normalized spacial score (nSPS) is 17.6. The molecule has 0 radical (unpaired) electrons. The summed E-state index contributed by atoms with van der Waals surface area (Å²) in [6.07, 6.45) is 3.90. The van der Waals surface area contributed by atoms with Crippen molar-refractivity contribution < 1.29 is 9.59 Å². The SMILES string of the molecule is CC(C)[C@H](N)C(=O)NCC(=O)NCc1ccc(CN2CCCCC2C)cc1.Cl.Cl. The fraction of sp³-hybridized carbons (Fsp3) is 0.619.